The Balaban J connectivity index is 1.74. The number of phenolic OH excluding ortho intramolecular Hbond substituents is 1. The number of rotatable bonds is 4. The van der Waals surface area contributed by atoms with Gasteiger partial charge in [-0.15, -0.1) is 0 Å². The molecule has 0 radical (unpaired) electrons. The molecule has 0 aliphatic heterocycles. The van der Waals surface area contributed by atoms with Crippen molar-refractivity contribution in [3.05, 3.63) is 77.6 Å². The van der Waals surface area contributed by atoms with Gasteiger partial charge in [-0.05, 0) is 22.4 Å². The van der Waals surface area contributed by atoms with Gasteiger partial charge in [0.1, 0.15) is 0 Å². The lowest BCUT2D eigenvalue weighted by atomic mass is 10.0. The highest BCUT2D eigenvalue weighted by Crippen LogP contribution is 2.21. The van der Waals surface area contributed by atoms with Crippen LogP contribution < -0.4 is 5.32 Å². The van der Waals surface area contributed by atoms with Crippen molar-refractivity contribution in [1.29, 1.82) is 0 Å². The fourth-order valence-electron chi connectivity index (χ4n) is 2.48. The van der Waals surface area contributed by atoms with E-state index in [1.165, 1.54) is 22.4 Å². The van der Waals surface area contributed by atoms with Crippen molar-refractivity contribution in [1.82, 2.24) is 5.32 Å². The van der Waals surface area contributed by atoms with Gasteiger partial charge in [-0.1, -0.05) is 54.6 Å². The molecule has 3 heteroatoms. The van der Waals surface area contributed by atoms with Gasteiger partial charge in [-0.3, -0.25) is 0 Å². The molecule has 0 heterocycles. The summed E-state index contributed by atoms with van der Waals surface area (Å²) in [6, 6.07) is 19.0. The minimum atomic E-state index is -0.584. The maximum absolute atomic E-state index is 13.3. The normalized spacial score (nSPS) is 10.9. The zero-order valence-electron chi connectivity index (χ0n) is 11.5. The molecule has 0 amide bonds. The van der Waals surface area contributed by atoms with Crippen LogP contribution in [0.4, 0.5) is 4.39 Å². The Bertz CT molecular complexity index is 765. The third-order valence-corrected chi connectivity index (χ3v) is 3.58. The molecule has 106 valence electrons. The van der Waals surface area contributed by atoms with Crippen LogP contribution in [0.5, 0.6) is 5.75 Å². The summed E-state index contributed by atoms with van der Waals surface area (Å²) in [4.78, 5) is 0. The van der Waals surface area contributed by atoms with E-state index in [0.29, 0.717) is 18.7 Å². The van der Waals surface area contributed by atoms with Crippen LogP contribution in [0.3, 0.4) is 0 Å². The Morgan fingerprint density at radius 3 is 2.38 bits per heavy atom. The van der Waals surface area contributed by atoms with E-state index in [9.17, 15) is 9.50 Å². The van der Waals surface area contributed by atoms with Crippen molar-refractivity contribution in [2.24, 2.45) is 0 Å². The topological polar surface area (TPSA) is 32.3 Å². The van der Waals surface area contributed by atoms with E-state index in [0.717, 1.165) is 0 Å². The van der Waals surface area contributed by atoms with Gasteiger partial charge in [-0.25, -0.2) is 4.39 Å². The third kappa shape index (κ3) is 2.88. The molecule has 0 atom stereocenters. The first-order chi connectivity index (χ1) is 10.3. The second-order valence-corrected chi connectivity index (χ2v) is 4.99. The summed E-state index contributed by atoms with van der Waals surface area (Å²) < 4.78 is 13.3. The fourth-order valence-corrected chi connectivity index (χ4v) is 2.48. The van der Waals surface area contributed by atoms with Crippen LogP contribution in [-0.2, 0) is 13.1 Å². The minimum Gasteiger partial charge on any atom is -0.505 e. The first-order valence-electron chi connectivity index (χ1n) is 6.89. The Kier molecular flexibility index (Phi) is 3.84. The summed E-state index contributed by atoms with van der Waals surface area (Å²) in [7, 11) is 0. The van der Waals surface area contributed by atoms with Gasteiger partial charge < -0.3 is 10.4 Å². The largest absolute Gasteiger partial charge is 0.505 e. The average Bonchev–Trinajstić information content (AvgIpc) is 2.52. The van der Waals surface area contributed by atoms with Gasteiger partial charge in [0.2, 0.25) is 0 Å². The summed E-state index contributed by atoms with van der Waals surface area (Å²) in [6.45, 7) is 1.09. The van der Waals surface area contributed by atoms with Crippen molar-refractivity contribution < 1.29 is 9.50 Å². The third-order valence-electron chi connectivity index (χ3n) is 3.58. The fraction of sp³-hybridized carbons (Fsp3) is 0.111. The van der Waals surface area contributed by atoms with Gasteiger partial charge in [0.05, 0.1) is 0 Å². The predicted molar refractivity (Wildman–Crippen MR) is 82.6 cm³/mol. The van der Waals surface area contributed by atoms with Crippen molar-refractivity contribution in [2.45, 2.75) is 13.1 Å². The molecule has 3 aromatic carbocycles. The second kappa shape index (κ2) is 5.94. The minimum absolute atomic E-state index is 0.275. The molecule has 0 saturated carbocycles. The van der Waals surface area contributed by atoms with E-state index < -0.39 is 5.82 Å². The molecule has 0 saturated heterocycles. The summed E-state index contributed by atoms with van der Waals surface area (Å²) in [5, 5.41) is 15.3. The lowest BCUT2D eigenvalue weighted by Gasteiger charge is -2.09. The molecule has 21 heavy (non-hydrogen) atoms. The van der Waals surface area contributed by atoms with E-state index in [4.69, 9.17) is 0 Å². The molecule has 0 aromatic heterocycles. The maximum Gasteiger partial charge on any atom is 0.165 e. The Hall–Kier alpha value is -2.39. The summed E-state index contributed by atoms with van der Waals surface area (Å²) in [5.74, 6) is -0.859. The number of hydrogen-bond acceptors (Lipinski definition) is 2. The van der Waals surface area contributed by atoms with Crippen LogP contribution >= 0.6 is 0 Å². The summed E-state index contributed by atoms with van der Waals surface area (Å²) in [5.41, 5.74) is 1.75. The quantitative estimate of drug-likeness (QED) is 0.758. The lowest BCUT2D eigenvalue weighted by molar-refractivity contribution is 0.423. The number of benzene rings is 3. The smallest absolute Gasteiger partial charge is 0.165 e. The number of halogens is 1. The van der Waals surface area contributed by atoms with E-state index >= 15 is 0 Å². The lowest BCUT2D eigenvalue weighted by Crippen LogP contribution is -2.13. The molecule has 2 nitrogen and oxygen atoms in total. The zero-order chi connectivity index (χ0) is 14.7. The Labute approximate surface area is 122 Å². The van der Waals surface area contributed by atoms with Crippen LogP contribution in [0.1, 0.15) is 11.1 Å². The van der Waals surface area contributed by atoms with Crippen LogP contribution in [0, 0.1) is 5.82 Å². The Morgan fingerprint density at radius 2 is 1.48 bits per heavy atom. The average molecular weight is 281 g/mol. The van der Waals surface area contributed by atoms with Crippen LogP contribution in [0.2, 0.25) is 0 Å². The first kappa shape index (κ1) is 13.6. The van der Waals surface area contributed by atoms with E-state index in [1.54, 1.807) is 12.1 Å². The van der Waals surface area contributed by atoms with Gasteiger partial charge >= 0.3 is 0 Å². The molecule has 0 aliphatic rings. The van der Waals surface area contributed by atoms with Crippen molar-refractivity contribution in [3.8, 4) is 5.75 Å². The molecule has 0 fully saturated rings. The molecule has 2 N–H and O–H groups in total. The second-order valence-electron chi connectivity index (χ2n) is 4.99. The highest BCUT2D eigenvalue weighted by atomic mass is 19.1. The summed E-state index contributed by atoms with van der Waals surface area (Å²) in [6.07, 6.45) is 0. The number of hydrogen-bond donors (Lipinski definition) is 2. The van der Waals surface area contributed by atoms with Gasteiger partial charge in [0, 0.05) is 18.7 Å². The number of para-hydroxylation sites is 1. The van der Waals surface area contributed by atoms with Crippen LogP contribution in [-0.4, -0.2) is 5.11 Å². The van der Waals surface area contributed by atoms with E-state index in [2.05, 4.69) is 29.6 Å². The predicted octanol–water partition coefficient (Wildman–Crippen LogP) is 3.97. The first-order valence-corrected chi connectivity index (χ1v) is 6.89. The molecule has 0 bridgehead atoms. The maximum atomic E-state index is 13.3. The number of aromatic hydroxyl groups is 1. The van der Waals surface area contributed by atoms with Crippen molar-refractivity contribution in [2.75, 3.05) is 0 Å². The van der Waals surface area contributed by atoms with Crippen molar-refractivity contribution >= 4 is 10.8 Å². The molecule has 0 aliphatic carbocycles. The highest BCUT2D eigenvalue weighted by molar-refractivity contribution is 5.85. The SMILES string of the molecule is Oc1c(F)cccc1CNCc1cccc2ccccc12. The van der Waals surface area contributed by atoms with Crippen LogP contribution in [0.25, 0.3) is 10.8 Å². The van der Waals surface area contributed by atoms with Gasteiger partial charge in [0.15, 0.2) is 11.6 Å². The van der Waals surface area contributed by atoms with E-state index in [-0.39, 0.29) is 5.75 Å². The van der Waals surface area contributed by atoms with Crippen molar-refractivity contribution in [3.63, 3.8) is 0 Å². The summed E-state index contributed by atoms with van der Waals surface area (Å²) >= 11 is 0. The molecule has 0 spiro atoms. The van der Waals surface area contributed by atoms with Crippen LogP contribution in [0.15, 0.2) is 60.7 Å². The van der Waals surface area contributed by atoms with E-state index in [1.807, 2.05) is 18.2 Å². The van der Waals surface area contributed by atoms with Gasteiger partial charge in [0.25, 0.3) is 0 Å². The monoisotopic (exact) mass is 281 g/mol. The number of nitrogens with one attached hydrogen (secondary N) is 1. The molecular formula is C18H16FNO. The zero-order valence-corrected chi connectivity index (χ0v) is 11.5. The standard InChI is InChI=1S/C18H16FNO/c19-17-10-4-8-15(18(17)21)12-20-11-14-7-3-6-13-5-1-2-9-16(13)14/h1-10,20-21H,11-12H2. The molecular weight excluding hydrogens is 265 g/mol. The number of phenols is 1. The number of fused-ring (bicyclic) bond motifs is 1. The molecule has 3 aromatic rings. The van der Waals surface area contributed by atoms with Gasteiger partial charge in [-0.2, -0.15) is 0 Å². The molecule has 3 rings (SSSR count). The Morgan fingerprint density at radius 1 is 0.810 bits per heavy atom. The highest BCUT2D eigenvalue weighted by Gasteiger charge is 2.06. The molecule has 0 unspecified atom stereocenters.